The fourth-order valence-electron chi connectivity index (χ4n) is 6.07. The van der Waals surface area contributed by atoms with E-state index < -0.39 is 11.5 Å². The first-order valence-corrected chi connectivity index (χ1v) is 16.9. The van der Waals surface area contributed by atoms with Crippen LogP contribution >= 0.6 is 23.4 Å². The molecule has 1 saturated heterocycles. The number of rotatable bonds is 11. The van der Waals surface area contributed by atoms with Crippen LogP contribution < -0.4 is 22.1 Å². The van der Waals surface area contributed by atoms with Crippen LogP contribution in [0.4, 0.5) is 8.78 Å². The molecule has 0 unspecified atom stereocenters. The fourth-order valence-corrected chi connectivity index (χ4v) is 7.01. The van der Waals surface area contributed by atoms with E-state index in [0.29, 0.717) is 46.8 Å². The first-order chi connectivity index (χ1) is 21.5. The van der Waals surface area contributed by atoms with Crippen molar-refractivity contribution >= 4 is 40.2 Å². The number of benzene rings is 2. The van der Waals surface area contributed by atoms with Crippen molar-refractivity contribution in [2.45, 2.75) is 81.8 Å². The molecular formula is C33H40ClF2N7OS. The first kappa shape index (κ1) is 33.1. The summed E-state index contributed by atoms with van der Waals surface area (Å²) in [4.78, 5) is 21.2. The Kier molecular flexibility index (Phi) is 10.6. The molecule has 0 bridgehead atoms. The molecule has 0 saturated carbocycles. The minimum atomic E-state index is -0.580. The quantitative estimate of drug-likeness (QED) is 0.0683. The number of nitrogens with one attached hydrogen (secondary N) is 4. The number of nitrogens with two attached hydrogens (primary N) is 1. The summed E-state index contributed by atoms with van der Waals surface area (Å²) in [7, 11) is 0. The number of thioether (sulfide) groups is 1. The number of hydrogen-bond donors (Lipinski definition) is 5. The molecule has 0 aliphatic carbocycles. The van der Waals surface area contributed by atoms with Crippen molar-refractivity contribution in [2.75, 3.05) is 12.8 Å². The normalized spacial score (nSPS) is 17.5. The summed E-state index contributed by atoms with van der Waals surface area (Å²) in [6.07, 6.45) is 9.51. The number of amidine groups is 1. The van der Waals surface area contributed by atoms with Crippen LogP contribution in [0.15, 0.2) is 46.2 Å². The number of fused-ring (bicyclic) bond motifs is 1. The number of nitrogens with zero attached hydrogens (tertiary/aromatic N) is 2. The molecule has 1 fully saturated rings. The monoisotopic (exact) mass is 655 g/mol. The Bertz CT molecular complexity index is 1760. The van der Waals surface area contributed by atoms with Crippen molar-refractivity contribution in [2.24, 2.45) is 5.73 Å². The number of aromatic amines is 1. The maximum Gasteiger partial charge on any atom is 0.354 e. The Morgan fingerprint density at radius 1 is 1.27 bits per heavy atom. The zero-order valence-electron chi connectivity index (χ0n) is 25.8. The lowest BCUT2D eigenvalue weighted by molar-refractivity contribution is 0.304. The van der Waals surface area contributed by atoms with Gasteiger partial charge in [0.15, 0.2) is 5.82 Å². The summed E-state index contributed by atoms with van der Waals surface area (Å²) >= 11 is 7.69. The number of H-pyrrole nitrogens is 1. The lowest BCUT2D eigenvalue weighted by atomic mass is 9.91. The Hall–Kier alpha value is -3.25. The molecule has 3 atom stereocenters. The van der Waals surface area contributed by atoms with Gasteiger partial charge in [-0.2, -0.15) is 4.98 Å². The van der Waals surface area contributed by atoms with Gasteiger partial charge in [-0.1, -0.05) is 18.0 Å². The molecule has 0 amide bonds. The van der Waals surface area contributed by atoms with Crippen LogP contribution in [0.1, 0.15) is 69.5 Å². The van der Waals surface area contributed by atoms with Crippen LogP contribution in [0, 0.1) is 17.0 Å². The molecule has 0 spiro atoms. The number of aromatic nitrogens is 3. The van der Waals surface area contributed by atoms with E-state index in [1.54, 1.807) is 31.3 Å². The summed E-state index contributed by atoms with van der Waals surface area (Å²) in [6, 6.07) is 8.46. The third kappa shape index (κ3) is 7.77. The van der Waals surface area contributed by atoms with Gasteiger partial charge in [-0.3, -0.25) is 9.98 Å². The van der Waals surface area contributed by atoms with Gasteiger partial charge in [-0.05, 0) is 94.5 Å². The van der Waals surface area contributed by atoms with Crippen LogP contribution in [0.3, 0.4) is 0 Å². The van der Waals surface area contributed by atoms with Crippen LogP contribution in [-0.2, 0) is 6.42 Å². The second-order valence-electron chi connectivity index (χ2n) is 11.9. The molecule has 6 N–H and O–H groups in total. The van der Waals surface area contributed by atoms with Gasteiger partial charge < -0.3 is 21.4 Å². The standard InChI is InChI=1S/C33H40ClF2N7OS/c1-18(37)6-4-7-20-12-24(31(36)25(34)13-20)28-14-21-17-43(33(44)42-32(21)41-28)23-15-26(35)30(29(16-23)45-3)27-9-5-8-22(40-27)10-11-39-19(2)38/h12-18,22,27,40H,4-11,37H2,1-3H3,(H2,38,39)(H,41,42,44)/t18-,22-,27-/m0/s1. The van der Waals surface area contributed by atoms with E-state index in [4.69, 9.17) is 22.7 Å². The molecule has 4 aromatic rings. The largest absolute Gasteiger partial charge is 0.374 e. The molecular weight excluding hydrogens is 616 g/mol. The van der Waals surface area contributed by atoms with E-state index in [1.807, 2.05) is 19.2 Å². The highest BCUT2D eigenvalue weighted by molar-refractivity contribution is 7.98. The highest BCUT2D eigenvalue weighted by Crippen LogP contribution is 2.36. The minimum Gasteiger partial charge on any atom is -0.374 e. The first-order valence-electron chi connectivity index (χ1n) is 15.3. The van der Waals surface area contributed by atoms with Crippen molar-refractivity contribution < 1.29 is 8.78 Å². The Morgan fingerprint density at radius 2 is 2.07 bits per heavy atom. The highest BCUT2D eigenvalue weighted by atomic mass is 35.5. The van der Waals surface area contributed by atoms with Gasteiger partial charge >= 0.3 is 5.69 Å². The van der Waals surface area contributed by atoms with Gasteiger partial charge in [0.25, 0.3) is 0 Å². The van der Waals surface area contributed by atoms with E-state index >= 15 is 8.78 Å². The van der Waals surface area contributed by atoms with Gasteiger partial charge in [0.1, 0.15) is 11.5 Å². The molecule has 2 aromatic heterocycles. The predicted octanol–water partition coefficient (Wildman–Crippen LogP) is 6.86. The number of aryl methyl sites for hydroxylation is 1. The summed E-state index contributed by atoms with van der Waals surface area (Å²) < 4.78 is 32.4. The maximum atomic E-state index is 15.9. The lowest BCUT2D eigenvalue weighted by Crippen LogP contribution is -2.39. The Balaban J connectivity index is 1.44. The average molecular weight is 656 g/mol. The maximum absolute atomic E-state index is 15.9. The second kappa shape index (κ2) is 14.5. The lowest BCUT2D eigenvalue weighted by Gasteiger charge is -2.33. The minimum absolute atomic E-state index is 0.0200. The summed E-state index contributed by atoms with van der Waals surface area (Å²) in [5, 5.41) is 14.8. The van der Waals surface area contributed by atoms with Crippen LogP contribution in [-0.4, -0.2) is 45.3 Å². The van der Waals surface area contributed by atoms with Gasteiger partial charge in [0.2, 0.25) is 0 Å². The SMILES string of the molecule is CSc1cc(-n2cc3cc(-c4cc(CCC[C@H](C)N)cc(Cl)c4F)[nH]c3nc2=O)cc(F)c1[C@@H]1CCC[C@@H](CCNC(C)=N)N1. The van der Waals surface area contributed by atoms with Crippen molar-refractivity contribution in [3.8, 4) is 16.9 Å². The van der Waals surface area contributed by atoms with Gasteiger partial charge in [0.05, 0.1) is 22.2 Å². The average Bonchev–Trinajstić information content (AvgIpc) is 3.40. The van der Waals surface area contributed by atoms with E-state index in [9.17, 15) is 4.79 Å². The van der Waals surface area contributed by atoms with Crippen molar-refractivity contribution in [3.63, 3.8) is 0 Å². The number of piperidine rings is 1. The summed E-state index contributed by atoms with van der Waals surface area (Å²) in [6.45, 7) is 4.36. The van der Waals surface area contributed by atoms with Crippen LogP contribution in [0.5, 0.6) is 0 Å². The molecule has 45 heavy (non-hydrogen) atoms. The smallest absolute Gasteiger partial charge is 0.354 e. The molecule has 2 aromatic carbocycles. The molecule has 8 nitrogen and oxygen atoms in total. The van der Waals surface area contributed by atoms with Gasteiger partial charge in [-0.15, -0.1) is 11.8 Å². The topological polar surface area (TPSA) is 125 Å². The third-order valence-corrected chi connectivity index (χ3v) is 9.35. The third-order valence-electron chi connectivity index (χ3n) is 8.30. The molecule has 1 aliphatic rings. The molecule has 12 heteroatoms. The van der Waals surface area contributed by atoms with E-state index in [-0.39, 0.29) is 34.5 Å². The van der Waals surface area contributed by atoms with Crippen molar-refractivity contribution in [1.29, 1.82) is 5.41 Å². The second-order valence-corrected chi connectivity index (χ2v) is 13.2. The van der Waals surface area contributed by atoms with E-state index in [2.05, 4.69) is 20.6 Å². The highest BCUT2D eigenvalue weighted by Gasteiger charge is 2.27. The predicted molar refractivity (Wildman–Crippen MR) is 180 cm³/mol. The molecule has 1 aliphatic heterocycles. The Morgan fingerprint density at radius 3 is 2.80 bits per heavy atom. The van der Waals surface area contributed by atoms with E-state index in [0.717, 1.165) is 49.0 Å². The number of hydrogen-bond acceptors (Lipinski definition) is 6. The molecule has 0 radical (unpaired) electrons. The van der Waals surface area contributed by atoms with Gasteiger partial charge in [-0.25, -0.2) is 13.6 Å². The molecule has 5 rings (SSSR count). The van der Waals surface area contributed by atoms with E-state index in [1.165, 1.54) is 22.4 Å². The fraction of sp³-hybridized carbons (Fsp3) is 0.424. The van der Waals surface area contributed by atoms with Crippen LogP contribution in [0.2, 0.25) is 5.02 Å². The molecule has 3 heterocycles. The van der Waals surface area contributed by atoms with Crippen LogP contribution in [0.25, 0.3) is 28.0 Å². The zero-order valence-corrected chi connectivity index (χ0v) is 27.3. The number of halogens is 3. The summed E-state index contributed by atoms with van der Waals surface area (Å²) in [5.74, 6) is -0.513. The van der Waals surface area contributed by atoms with Crippen molar-refractivity contribution in [1.82, 2.24) is 25.2 Å². The summed E-state index contributed by atoms with van der Waals surface area (Å²) in [5.41, 5.74) is 8.19. The molecule has 240 valence electrons. The van der Waals surface area contributed by atoms with Gasteiger partial charge in [0, 0.05) is 52.3 Å². The van der Waals surface area contributed by atoms with Crippen molar-refractivity contribution in [3.05, 3.63) is 74.8 Å². The Labute approximate surface area is 271 Å². The zero-order chi connectivity index (χ0) is 32.2.